The summed E-state index contributed by atoms with van der Waals surface area (Å²) in [6.07, 6.45) is 4.08. The molecule has 1 aliphatic rings. The zero-order valence-corrected chi connectivity index (χ0v) is 12.2. The fourth-order valence-electron chi connectivity index (χ4n) is 2.20. The molecule has 0 unspecified atom stereocenters. The van der Waals surface area contributed by atoms with Crippen molar-refractivity contribution in [3.05, 3.63) is 22.1 Å². The van der Waals surface area contributed by atoms with Gasteiger partial charge in [-0.25, -0.2) is 0 Å². The molecule has 2 N–H and O–H groups in total. The van der Waals surface area contributed by atoms with Crippen molar-refractivity contribution >= 4 is 5.91 Å². The number of piperidine rings is 1. The van der Waals surface area contributed by atoms with Gasteiger partial charge in [-0.3, -0.25) is 9.59 Å². The highest BCUT2D eigenvalue weighted by Gasteiger charge is 2.25. The van der Waals surface area contributed by atoms with Gasteiger partial charge in [-0.15, -0.1) is 0 Å². The van der Waals surface area contributed by atoms with Crippen LogP contribution < -0.4 is 5.43 Å². The van der Waals surface area contributed by atoms with E-state index < -0.39 is 16.9 Å². The van der Waals surface area contributed by atoms with Gasteiger partial charge in [0.15, 0.2) is 17.2 Å². The number of carbonyl (C=O) groups excluding carboxylic acids is 1. The van der Waals surface area contributed by atoms with E-state index in [-0.39, 0.29) is 11.6 Å². The SMILES string of the molecule is CC.Cn1cc(O)c(=O)c(O)c1C(=O)N1CCCCC1. The molecule has 1 aromatic heterocycles. The Morgan fingerprint density at radius 3 is 2.25 bits per heavy atom. The second-order valence-corrected chi connectivity index (χ2v) is 4.50. The van der Waals surface area contributed by atoms with Crippen LogP contribution in [0.2, 0.25) is 0 Å². The van der Waals surface area contributed by atoms with Gasteiger partial charge < -0.3 is 19.7 Å². The molecule has 20 heavy (non-hydrogen) atoms. The van der Waals surface area contributed by atoms with Crippen molar-refractivity contribution in [3.63, 3.8) is 0 Å². The van der Waals surface area contributed by atoms with Crippen LogP contribution in [-0.2, 0) is 7.05 Å². The van der Waals surface area contributed by atoms with Gasteiger partial charge in [0, 0.05) is 20.1 Å². The van der Waals surface area contributed by atoms with Gasteiger partial charge >= 0.3 is 0 Å². The van der Waals surface area contributed by atoms with Crippen LogP contribution in [0, 0.1) is 0 Å². The molecule has 1 amide bonds. The number of aromatic hydroxyl groups is 2. The maximum absolute atomic E-state index is 12.2. The van der Waals surface area contributed by atoms with Crippen LogP contribution in [0.3, 0.4) is 0 Å². The number of carbonyl (C=O) groups is 1. The first-order chi connectivity index (χ1) is 9.52. The molecule has 1 saturated heterocycles. The molecule has 0 aliphatic carbocycles. The Morgan fingerprint density at radius 1 is 1.15 bits per heavy atom. The third-order valence-electron chi connectivity index (χ3n) is 3.19. The van der Waals surface area contributed by atoms with Crippen LogP contribution >= 0.6 is 0 Å². The predicted octanol–water partition coefficient (Wildman–Crippen LogP) is 1.45. The number of rotatable bonds is 1. The van der Waals surface area contributed by atoms with Crippen molar-refractivity contribution in [2.24, 2.45) is 7.05 Å². The van der Waals surface area contributed by atoms with Crippen molar-refractivity contribution in [1.82, 2.24) is 9.47 Å². The Labute approximate surface area is 118 Å². The zero-order valence-electron chi connectivity index (χ0n) is 12.2. The molecule has 6 nitrogen and oxygen atoms in total. The van der Waals surface area contributed by atoms with Crippen LogP contribution in [-0.4, -0.2) is 38.7 Å². The van der Waals surface area contributed by atoms with Crippen LogP contribution in [0.25, 0.3) is 0 Å². The topological polar surface area (TPSA) is 82.8 Å². The average molecular weight is 282 g/mol. The summed E-state index contributed by atoms with van der Waals surface area (Å²) < 4.78 is 1.28. The number of nitrogens with zero attached hydrogens (tertiary/aromatic N) is 2. The van der Waals surface area contributed by atoms with Crippen LogP contribution in [0.4, 0.5) is 0 Å². The fraction of sp³-hybridized carbons (Fsp3) is 0.571. The molecule has 0 aromatic carbocycles. The maximum Gasteiger partial charge on any atom is 0.274 e. The number of likely N-dealkylation sites (tertiary alicyclic amines) is 1. The Bertz CT molecular complexity index is 531. The molecule has 2 rings (SSSR count). The Hall–Kier alpha value is -1.98. The average Bonchev–Trinajstić information content (AvgIpc) is 2.48. The lowest BCUT2D eigenvalue weighted by Crippen LogP contribution is -2.37. The lowest BCUT2D eigenvalue weighted by Gasteiger charge is -2.27. The molecular weight excluding hydrogens is 260 g/mol. The first-order valence-corrected chi connectivity index (χ1v) is 6.93. The molecule has 0 radical (unpaired) electrons. The number of aryl methyl sites for hydroxylation is 1. The second kappa shape index (κ2) is 6.98. The molecule has 0 atom stereocenters. The van der Waals surface area contributed by atoms with E-state index in [1.54, 1.807) is 4.90 Å². The highest BCUT2D eigenvalue weighted by Crippen LogP contribution is 2.19. The van der Waals surface area contributed by atoms with Gasteiger partial charge in [0.05, 0.1) is 6.20 Å². The van der Waals surface area contributed by atoms with E-state index in [4.69, 9.17) is 0 Å². The minimum Gasteiger partial charge on any atom is -0.503 e. The largest absolute Gasteiger partial charge is 0.503 e. The molecular formula is C14H22N2O4. The molecule has 112 valence electrons. The van der Waals surface area contributed by atoms with Gasteiger partial charge in [-0.05, 0) is 19.3 Å². The summed E-state index contributed by atoms with van der Waals surface area (Å²) in [7, 11) is 1.51. The van der Waals surface area contributed by atoms with Crippen molar-refractivity contribution in [3.8, 4) is 11.5 Å². The standard InChI is InChI=1S/C12H16N2O4.C2H6/c1-13-7-8(15)10(16)11(17)9(13)12(18)14-5-3-2-4-6-14;1-2/h7,15,17H,2-6H2,1H3;1-2H3. The molecule has 1 fully saturated rings. The van der Waals surface area contributed by atoms with Crippen LogP contribution in [0.15, 0.2) is 11.0 Å². The number of amides is 1. The molecule has 1 aliphatic heterocycles. The fourth-order valence-corrected chi connectivity index (χ4v) is 2.20. The molecule has 0 bridgehead atoms. The van der Waals surface area contributed by atoms with E-state index in [1.165, 1.54) is 11.6 Å². The highest BCUT2D eigenvalue weighted by atomic mass is 16.3. The number of aromatic nitrogens is 1. The first kappa shape index (κ1) is 16.1. The quantitative estimate of drug-likeness (QED) is 0.816. The van der Waals surface area contributed by atoms with Gasteiger partial charge in [0.1, 0.15) is 0 Å². The van der Waals surface area contributed by atoms with E-state index in [0.717, 1.165) is 25.5 Å². The summed E-state index contributed by atoms with van der Waals surface area (Å²) in [6, 6.07) is 0. The second-order valence-electron chi connectivity index (χ2n) is 4.50. The number of pyridine rings is 1. The predicted molar refractivity (Wildman–Crippen MR) is 76.1 cm³/mol. The van der Waals surface area contributed by atoms with Gasteiger partial charge in [-0.2, -0.15) is 0 Å². The van der Waals surface area contributed by atoms with Gasteiger partial charge in [-0.1, -0.05) is 13.8 Å². The first-order valence-electron chi connectivity index (χ1n) is 6.93. The van der Waals surface area contributed by atoms with E-state index in [2.05, 4.69) is 0 Å². The Balaban J connectivity index is 0.000000956. The van der Waals surface area contributed by atoms with Crippen molar-refractivity contribution in [2.45, 2.75) is 33.1 Å². The third kappa shape index (κ3) is 3.12. The lowest BCUT2D eigenvalue weighted by molar-refractivity contribution is 0.0709. The molecule has 1 aromatic rings. The lowest BCUT2D eigenvalue weighted by atomic mass is 10.1. The summed E-state index contributed by atoms with van der Waals surface area (Å²) in [6.45, 7) is 5.26. The van der Waals surface area contributed by atoms with Crippen molar-refractivity contribution < 1.29 is 15.0 Å². The van der Waals surface area contributed by atoms with Gasteiger partial charge in [0.25, 0.3) is 11.3 Å². The smallest absolute Gasteiger partial charge is 0.274 e. The van der Waals surface area contributed by atoms with Crippen molar-refractivity contribution in [1.29, 1.82) is 0 Å². The van der Waals surface area contributed by atoms with E-state index in [1.807, 2.05) is 13.8 Å². The van der Waals surface area contributed by atoms with Crippen LogP contribution in [0.5, 0.6) is 11.5 Å². The van der Waals surface area contributed by atoms with E-state index in [0.29, 0.717) is 13.1 Å². The normalized spacial score (nSPS) is 14.4. The summed E-state index contributed by atoms with van der Waals surface area (Å²) in [4.78, 5) is 25.3. The summed E-state index contributed by atoms with van der Waals surface area (Å²) in [5, 5.41) is 19.0. The van der Waals surface area contributed by atoms with E-state index >= 15 is 0 Å². The van der Waals surface area contributed by atoms with E-state index in [9.17, 15) is 19.8 Å². The molecule has 0 saturated carbocycles. The molecule has 2 heterocycles. The van der Waals surface area contributed by atoms with Crippen molar-refractivity contribution in [2.75, 3.05) is 13.1 Å². The summed E-state index contributed by atoms with van der Waals surface area (Å²) in [5.41, 5.74) is -0.979. The summed E-state index contributed by atoms with van der Waals surface area (Å²) in [5.74, 6) is -1.62. The minimum atomic E-state index is -0.909. The third-order valence-corrected chi connectivity index (χ3v) is 3.19. The molecule has 0 spiro atoms. The monoisotopic (exact) mass is 282 g/mol. The van der Waals surface area contributed by atoms with Crippen LogP contribution in [0.1, 0.15) is 43.6 Å². The number of hydrogen-bond donors (Lipinski definition) is 2. The highest BCUT2D eigenvalue weighted by molar-refractivity contribution is 5.95. The number of hydrogen-bond acceptors (Lipinski definition) is 4. The maximum atomic E-state index is 12.2. The van der Waals surface area contributed by atoms with Gasteiger partial charge in [0.2, 0.25) is 0 Å². The summed E-state index contributed by atoms with van der Waals surface area (Å²) >= 11 is 0. The zero-order chi connectivity index (χ0) is 15.3. The Morgan fingerprint density at radius 2 is 1.70 bits per heavy atom. The molecule has 6 heteroatoms. The Kier molecular flexibility index (Phi) is 5.61. The minimum absolute atomic E-state index is 0.0697.